The maximum Gasteiger partial charge on any atom is 0.0801 e. The van der Waals surface area contributed by atoms with Crippen LogP contribution in [0.5, 0.6) is 0 Å². The summed E-state index contributed by atoms with van der Waals surface area (Å²) in [5.74, 6) is 0. The van der Waals surface area contributed by atoms with Crippen LogP contribution in [-0.4, -0.2) is 11.6 Å². The number of benzene rings is 2. The average molecular weight is 250 g/mol. The summed E-state index contributed by atoms with van der Waals surface area (Å²) in [5.41, 5.74) is 6.58. The van der Waals surface area contributed by atoms with Crippen LogP contribution in [0.15, 0.2) is 47.8 Å². The molecular formula is C16H14N2O. The van der Waals surface area contributed by atoms with E-state index in [1.807, 2.05) is 0 Å². The Morgan fingerprint density at radius 3 is 2.68 bits per heavy atom. The molecule has 2 aliphatic rings. The number of fused-ring (bicyclic) bond motifs is 2. The molecule has 1 heterocycles. The smallest absolute Gasteiger partial charge is 0.0801 e. The fourth-order valence-electron chi connectivity index (χ4n) is 3.47. The van der Waals surface area contributed by atoms with Crippen LogP contribution in [0, 0.1) is 4.91 Å². The van der Waals surface area contributed by atoms with Gasteiger partial charge < -0.3 is 0 Å². The number of rotatable bonds is 1. The highest BCUT2D eigenvalue weighted by Gasteiger charge is 2.34. The molecule has 0 amide bonds. The largest absolute Gasteiger partial charge is 0.253 e. The van der Waals surface area contributed by atoms with Crippen molar-refractivity contribution in [1.29, 1.82) is 0 Å². The molecule has 2 aromatic rings. The SMILES string of the molecule is O=NN1CCc2cccc3c2C1Cc1ccccc1-3. The first-order valence-electron chi connectivity index (χ1n) is 6.68. The maximum absolute atomic E-state index is 11.1. The molecule has 0 radical (unpaired) electrons. The van der Waals surface area contributed by atoms with Crippen molar-refractivity contribution in [3.63, 3.8) is 0 Å². The molecular weight excluding hydrogens is 236 g/mol. The molecule has 1 atom stereocenters. The van der Waals surface area contributed by atoms with Crippen molar-refractivity contribution in [2.45, 2.75) is 18.9 Å². The van der Waals surface area contributed by atoms with Crippen molar-refractivity contribution in [3.05, 3.63) is 64.1 Å². The third-order valence-electron chi connectivity index (χ3n) is 4.33. The lowest BCUT2D eigenvalue weighted by Crippen LogP contribution is -2.34. The second-order valence-electron chi connectivity index (χ2n) is 5.25. The monoisotopic (exact) mass is 250 g/mol. The lowest BCUT2D eigenvalue weighted by Gasteiger charge is -2.38. The molecule has 4 rings (SSSR count). The maximum atomic E-state index is 11.1. The highest BCUT2D eigenvalue weighted by atomic mass is 16.3. The van der Waals surface area contributed by atoms with E-state index in [0.717, 1.165) is 19.4 Å². The second-order valence-corrected chi connectivity index (χ2v) is 5.25. The van der Waals surface area contributed by atoms with E-state index >= 15 is 0 Å². The number of nitrogens with zero attached hydrogens (tertiary/aromatic N) is 2. The van der Waals surface area contributed by atoms with Crippen molar-refractivity contribution in [2.75, 3.05) is 6.54 Å². The highest BCUT2D eigenvalue weighted by Crippen LogP contribution is 2.44. The first kappa shape index (κ1) is 10.7. The van der Waals surface area contributed by atoms with Gasteiger partial charge in [0.05, 0.1) is 11.3 Å². The van der Waals surface area contributed by atoms with Crippen molar-refractivity contribution < 1.29 is 0 Å². The topological polar surface area (TPSA) is 32.7 Å². The Morgan fingerprint density at radius 2 is 1.79 bits per heavy atom. The summed E-state index contributed by atoms with van der Waals surface area (Å²) >= 11 is 0. The molecule has 3 heteroatoms. The highest BCUT2D eigenvalue weighted by molar-refractivity contribution is 5.75. The predicted molar refractivity (Wildman–Crippen MR) is 74.5 cm³/mol. The second kappa shape index (κ2) is 3.92. The van der Waals surface area contributed by atoms with Crippen LogP contribution in [0.2, 0.25) is 0 Å². The van der Waals surface area contributed by atoms with E-state index in [-0.39, 0.29) is 6.04 Å². The molecule has 1 aliphatic heterocycles. The van der Waals surface area contributed by atoms with Crippen LogP contribution in [0.25, 0.3) is 11.1 Å². The van der Waals surface area contributed by atoms with E-state index in [4.69, 9.17) is 0 Å². The summed E-state index contributed by atoms with van der Waals surface area (Å²) in [6, 6.07) is 15.1. The third kappa shape index (κ3) is 1.44. The van der Waals surface area contributed by atoms with Crippen molar-refractivity contribution >= 4 is 0 Å². The van der Waals surface area contributed by atoms with E-state index in [0.29, 0.717) is 0 Å². The molecule has 0 bridgehead atoms. The summed E-state index contributed by atoms with van der Waals surface area (Å²) in [5, 5.41) is 4.94. The van der Waals surface area contributed by atoms with Gasteiger partial charge in [-0.15, -0.1) is 4.91 Å². The Morgan fingerprint density at radius 1 is 1.00 bits per heavy atom. The predicted octanol–water partition coefficient (Wildman–Crippen LogP) is 3.49. The van der Waals surface area contributed by atoms with E-state index in [1.165, 1.54) is 27.8 Å². The first-order valence-corrected chi connectivity index (χ1v) is 6.68. The van der Waals surface area contributed by atoms with Gasteiger partial charge in [0.1, 0.15) is 0 Å². The Balaban J connectivity index is 2.00. The van der Waals surface area contributed by atoms with Gasteiger partial charge in [0, 0.05) is 6.54 Å². The standard InChI is InChI=1S/C16H14N2O/c19-17-18-9-8-11-5-3-7-14-13-6-2-1-4-12(13)10-15(18)16(11)14/h1-7,15H,8-10H2. The normalized spacial score (nSPS) is 19.6. The van der Waals surface area contributed by atoms with Gasteiger partial charge in [0.25, 0.3) is 0 Å². The Kier molecular flexibility index (Phi) is 2.21. The molecule has 94 valence electrons. The minimum Gasteiger partial charge on any atom is -0.253 e. The minimum absolute atomic E-state index is 0.118. The average Bonchev–Trinajstić information content (AvgIpc) is 2.48. The van der Waals surface area contributed by atoms with Crippen molar-refractivity contribution in [1.82, 2.24) is 5.01 Å². The third-order valence-corrected chi connectivity index (χ3v) is 4.33. The fraction of sp³-hybridized carbons (Fsp3) is 0.250. The van der Waals surface area contributed by atoms with Crippen LogP contribution in [0.1, 0.15) is 22.7 Å². The zero-order valence-electron chi connectivity index (χ0n) is 10.5. The van der Waals surface area contributed by atoms with Gasteiger partial charge in [-0.1, -0.05) is 42.5 Å². The molecule has 0 N–H and O–H groups in total. The number of hydrogen-bond donors (Lipinski definition) is 0. The molecule has 0 spiro atoms. The fourth-order valence-corrected chi connectivity index (χ4v) is 3.47. The van der Waals surface area contributed by atoms with E-state index < -0.39 is 0 Å². The van der Waals surface area contributed by atoms with Crippen LogP contribution in [0.3, 0.4) is 0 Å². The molecule has 0 fully saturated rings. The minimum atomic E-state index is 0.118. The molecule has 1 aliphatic carbocycles. The van der Waals surface area contributed by atoms with Gasteiger partial charge in [-0.25, -0.2) is 0 Å². The summed E-state index contributed by atoms with van der Waals surface area (Å²) < 4.78 is 0. The zero-order chi connectivity index (χ0) is 12.8. The molecule has 2 aromatic carbocycles. The first-order chi connectivity index (χ1) is 9.38. The molecule has 0 saturated heterocycles. The number of nitroso groups, excluding NO2 is 1. The van der Waals surface area contributed by atoms with Crippen LogP contribution in [-0.2, 0) is 12.8 Å². The molecule has 0 saturated carbocycles. The Labute approximate surface area is 111 Å². The van der Waals surface area contributed by atoms with Crippen LogP contribution < -0.4 is 0 Å². The van der Waals surface area contributed by atoms with E-state index in [2.05, 4.69) is 47.8 Å². The Bertz CT molecular complexity index is 666. The quantitative estimate of drug-likeness (QED) is 0.726. The van der Waals surface area contributed by atoms with Gasteiger partial charge in [-0.05, 0) is 40.7 Å². The summed E-state index contributed by atoms with van der Waals surface area (Å²) in [7, 11) is 0. The molecule has 1 unspecified atom stereocenters. The summed E-state index contributed by atoms with van der Waals surface area (Å²) in [6.07, 6.45) is 1.79. The summed E-state index contributed by atoms with van der Waals surface area (Å²) in [4.78, 5) is 11.1. The lowest BCUT2D eigenvalue weighted by molar-refractivity contribution is 0.188. The Hall–Kier alpha value is -2.16. The molecule has 19 heavy (non-hydrogen) atoms. The van der Waals surface area contributed by atoms with Crippen LogP contribution in [0.4, 0.5) is 0 Å². The van der Waals surface area contributed by atoms with Gasteiger partial charge in [0.15, 0.2) is 0 Å². The molecule has 3 nitrogen and oxygen atoms in total. The van der Waals surface area contributed by atoms with Gasteiger partial charge in [-0.2, -0.15) is 0 Å². The zero-order valence-corrected chi connectivity index (χ0v) is 10.5. The van der Waals surface area contributed by atoms with Gasteiger partial charge in [0.2, 0.25) is 0 Å². The van der Waals surface area contributed by atoms with Crippen molar-refractivity contribution in [2.24, 2.45) is 5.29 Å². The van der Waals surface area contributed by atoms with E-state index in [9.17, 15) is 4.91 Å². The van der Waals surface area contributed by atoms with Crippen LogP contribution >= 0.6 is 0 Å². The molecule has 0 aromatic heterocycles. The van der Waals surface area contributed by atoms with Gasteiger partial charge >= 0.3 is 0 Å². The lowest BCUT2D eigenvalue weighted by atomic mass is 9.78. The van der Waals surface area contributed by atoms with Gasteiger partial charge in [-0.3, -0.25) is 5.01 Å². The van der Waals surface area contributed by atoms with E-state index in [1.54, 1.807) is 5.01 Å². The summed E-state index contributed by atoms with van der Waals surface area (Å²) in [6.45, 7) is 0.729. The van der Waals surface area contributed by atoms with Crippen molar-refractivity contribution in [3.8, 4) is 11.1 Å². The number of hydrogen-bond acceptors (Lipinski definition) is 2.